The summed E-state index contributed by atoms with van der Waals surface area (Å²) in [7, 11) is 0. The van der Waals surface area contributed by atoms with Gasteiger partial charge in [-0.2, -0.15) is 0 Å². The van der Waals surface area contributed by atoms with E-state index in [1.165, 1.54) is 6.33 Å². The van der Waals surface area contributed by atoms with Gasteiger partial charge in [-0.05, 0) is 17.7 Å². The number of carboxylic acids is 1. The van der Waals surface area contributed by atoms with Crippen molar-refractivity contribution in [3.63, 3.8) is 0 Å². The summed E-state index contributed by atoms with van der Waals surface area (Å²) in [5, 5.41) is 9.69. The van der Waals surface area contributed by atoms with Crippen molar-refractivity contribution < 1.29 is 9.90 Å². The van der Waals surface area contributed by atoms with Crippen molar-refractivity contribution in [2.75, 3.05) is 0 Å². The zero-order valence-electron chi connectivity index (χ0n) is 9.87. The molecule has 0 amide bonds. The van der Waals surface area contributed by atoms with E-state index in [-0.39, 0.29) is 6.42 Å². The van der Waals surface area contributed by atoms with Gasteiger partial charge in [0.15, 0.2) is 0 Å². The summed E-state index contributed by atoms with van der Waals surface area (Å²) in [6.07, 6.45) is 6.41. The van der Waals surface area contributed by atoms with Crippen LogP contribution in [-0.4, -0.2) is 31.0 Å². The van der Waals surface area contributed by atoms with Crippen LogP contribution in [0.15, 0.2) is 37.1 Å². The highest BCUT2D eigenvalue weighted by Gasteiger charge is 2.14. The van der Waals surface area contributed by atoms with Crippen molar-refractivity contribution in [2.45, 2.75) is 6.42 Å². The molecule has 0 spiro atoms. The van der Waals surface area contributed by atoms with E-state index in [0.717, 1.165) is 10.9 Å². The third kappa shape index (κ3) is 2.03. The molecule has 19 heavy (non-hydrogen) atoms. The van der Waals surface area contributed by atoms with E-state index in [0.29, 0.717) is 16.9 Å². The third-order valence-corrected chi connectivity index (χ3v) is 2.85. The van der Waals surface area contributed by atoms with Crippen LogP contribution in [0.1, 0.15) is 5.56 Å². The fraction of sp³-hybridized carbons (Fsp3) is 0.0769. The second-order valence-electron chi connectivity index (χ2n) is 4.07. The lowest BCUT2D eigenvalue weighted by atomic mass is 10.1. The summed E-state index contributed by atoms with van der Waals surface area (Å²) in [5.41, 5.74) is 2.91. The summed E-state index contributed by atoms with van der Waals surface area (Å²) in [6.45, 7) is 0. The molecular weight excluding hydrogens is 244 g/mol. The van der Waals surface area contributed by atoms with Crippen molar-refractivity contribution in [1.82, 2.24) is 19.9 Å². The van der Waals surface area contributed by atoms with E-state index in [1.807, 2.05) is 12.1 Å². The van der Waals surface area contributed by atoms with Gasteiger partial charge in [0.1, 0.15) is 12.0 Å². The highest BCUT2D eigenvalue weighted by molar-refractivity contribution is 5.95. The molecule has 0 aromatic carbocycles. The number of rotatable bonds is 3. The molecule has 0 radical (unpaired) electrons. The smallest absolute Gasteiger partial charge is 0.307 e. The van der Waals surface area contributed by atoms with Crippen molar-refractivity contribution >= 4 is 17.0 Å². The maximum absolute atomic E-state index is 10.9. The number of H-pyrrole nitrogens is 1. The Morgan fingerprint density at radius 2 is 2.05 bits per heavy atom. The van der Waals surface area contributed by atoms with Gasteiger partial charge in [-0.25, -0.2) is 9.97 Å². The Morgan fingerprint density at radius 1 is 1.26 bits per heavy atom. The predicted molar refractivity (Wildman–Crippen MR) is 68.5 cm³/mol. The van der Waals surface area contributed by atoms with Crippen molar-refractivity contribution in [3.05, 3.63) is 42.6 Å². The summed E-state index contributed by atoms with van der Waals surface area (Å²) in [4.78, 5) is 26.2. The Hall–Kier alpha value is -2.76. The maximum Gasteiger partial charge on any atom is 0.307 e. The van der Waals surface area contributed by atoms with Crippen LogP contribution in [0.2, 0.25) is 0 Å². The number of nitrogens with zero attached hydrogens (tertiary/aromatic N) is 3. The standard InChI is InChI=1S/C13H10N4O2/c18-10(19)5-9-6-15-13-11(9)12(16-7-17-13)8-1-3-14-4-2-8/h1-4,6-7H,5H2,(H,18,19)(H,15,16,17). The molecule has 3 aromatic heterocycles. The zero-order chi connectivity index (χ0) is 13.2. The van der Waals surface area contributed by atoms with Crippen LogP contribution < -0.4 is 0 Å². The second kappa shape index (κ2) is 4.49. The third-order valence-electron chi connectivity index (χ3n) is 2.85. The van der Waals surface area contributed by atoms with Crippen LogP contribution in [0.25, 0.3) is 22.3 Å². The molecule has 94 valence electrons. The van der Waals surface area contributed by atoms with Gasteiger partial charge in [-0.3, -0.25) is 9.78 Å². The number of carboxylic acid groups (broad SMARTS) is 1. The zero-order valence-corrected chi connectivity index (χ0v) is 9.87. The lowest BCUT2D eigenvalue weighted by Crippen LogP contribution is -2.00. The van der Waals surface area contributed by atoms with Gasteiger partial charge in [-0.15, -0.1) is 0 Å². The molecule has 0 unspecified atom stereocenters. The molecule has 3 aromatic rings. The first kappa shape index (κ1) is 11.3. The van der Waals surface area contributed by atoms with E-state index in [4.69, 9.17) is 5.11 Å². The van der Waals surface area contributed by atoms with Crippen molar-refractivity contribution in [3.8, 4) is 11.3 Å². The Kier molecular flexibility index (Phi) is 2.68. The number of hydrogen-bond donors (Lipinski definition) is 2. The average Bonchev–Trinajstić information content (AvgIpc) is 2.82. The lowest BCUT2D eigenvalue weighted by Gasteiger charge is -2.03. The largest absolute Gasteiger partial charge is 0.481 e. The normalized spacial score (nSPS) is 10.7. The molecule has 0 fully saturated rings. The first-order valence-electron chi connectivity index (χ1n) is 5.69. The number of pyridine rings is 1. The van der Waals surface area contributed by atoms with Crippen LogP contribution >= 0.6 is 0 Å². The van der Waals surface area contributed by atoms with Crippen LogP contribution in [0, 0.1) is 0 Å². The Morgan fingerprint density at radius 3 is 2.79 bits per heavy atom. The van der Waals surface area contributed by atoms with Gasteiger partial charge in [-0.1, -0.05) is 0 Å². The summed E-state index contributed by atoms with van der Waals surface area (Å²) in [5.74, 6) is -0.884. The molecule has 0 saturated carbocycles. The topological polar surface area (TPSA) is 91.8 Å². The van der Waals surface area contributed by atoms with E-state index >= 15 is 0 Å². The van der Waals surface area contributed by atoms with E-state index in [9.17, 15) is 4.79 Å². The highest BCUT2D eigenvalue weighted by atomic mass is 16.4. The van der Waals surface area contributed by atoms with Crippen LogP contribution in [-0.2, 0) is 11.2 Å². The van der Waals surface area contributed by atoms with Gasteiger partial charge in [0.25, 0.3) is 0 Å². The first-order chi connectivity index (χ1) is 9.25. The predicted octanol–water partition coefficient (Wildman–Crippen LogP) is 1.65. The molecule has 0 aliphatic heterocycles. The number of aliphatic carboxylic acids is 1. The summed E-state index contributed by atoms with van der Waals surface area (Å²) < 4.78 is 0. The minimum atomic E-state index is -0.884. The number of aromatic amines is 1. The maximum atomic E-state index is 10.9. The van der Waals surface area contributed by atoms with Gasteiger partial charge in [0.2, 0.25) is 0 Å². The molecule has 0 atom stereocenters. The Bertz CT molecular complexity index is 737. The molecule has 0 bridgehead atoms. The van der Waals surface area contributed by atoms with Gasteiger partial charge >= 0.3 is 5.97 Å². The Labute approximate surface area is 108 Å². The summed E-state index contributed by atoms with van der Waals surface area (Å²) >= 11 is 0. The molecule has 0 aliphatic rings. The minimum Gasteiger partial charge on any atom is -0.481 e. The fourth-order valence-electron chi connectivity index (χ4n) is 2.06. The van der Waals surface area contributed by atoms with E-state index in [1.54, 1.807) is 18.6 Å². The number of carbonyl (C=O) groups is 1. The minimum absolute atomic E-state index is 0.0640. The first-order valence-corrected chi connectivity index (χ1v) is 5.69. The van der Waals surface area contributed by atoms with Crippen LogP contribution in [0.3, 0.4) is 0 Å². The fourth-order valence-corrected chi connectivity index (χ4v) is 2.06. The average molecular weight is 254 g/mol. The van der Waals surface area contributed by atoms with Gasteiger partial charge < -0.3 is 10.1 Å². The molecule has 6 heteroatoms. The molecule has 6 nitrogen and oxygen atoms in total. The lowest BCUT2D eigenvalue weighted by molar-refractivity contribution is -0.136. The van der Waals surface area contributed by atoms with E-state index in [2.05, 4.69) is 19.9 Å². The van der Waals surface area contributed by atoms with Crippen molar-refractivity contribution in [2.24, 2.45) is 0 Å². The monoisotopic (exact) mass is 254 g/mol. The van der Waals surface area contributed by atoms with Gasteiger partial charge in [0, 0.05) is 29.5 Å². The number of hydrogen-bond acceptors (Lipinski definition) is 4. The SMILES string of the molecule is O=C(O)Cc1c[nH]c2ncnc(-c3ccncc3)c12. The molecule has 0 saturated heterocycles. The number of aromatic nitrogens is 4. The van der Waals surface area contributed by atoms with Crippen molar-refractivity contribution in [1.29, 1.82) is 0 Å². The highest BCUT2D eigenvalue weighted by Crippen LogP contribution is 2.27. The number of fused-ring (bicyclic) bond motifs is 1. The second-order valence-corrected chi connectivity index (χ2v) is 4.07. The van der Waals surface area contributed by atoms with Crippen LogP contribution in [0.5, 0.6) is 0 Å². The van der Waals surface area contributed by atoms with Crippen LogP contribution in [0.4, 0.5) is 0 Å². The quantitative estimate of drug-likeness (QED) is 0.741. The molecule has 3 heterocycles. The number of nitrogens with one attached hydrogen (secondary N) is 1. The van der Waals surface area contributed by atoms with E-state index < -0.39 is 5.97 Å². The molecule has 0 aliphatic carbocycles. The molecule has 2 N–H and O–H groups in total. The molecule has 3 rings (SSSR count). The molecular formula is C13H10N4O2. The Balaban J connectivity index is 2.24. The summed E-state index contributed by atoms with van der Waals surface area (Å²) in [6, 6.07) is 3.67. The van der Waals surface area contributed by atoms with Gasteiger partial charge in [0.05, 0.1) is 12.1 Å².